The number of carbonyl (C=O) groups excluding carboxylic acids is 3. The van der Waals surface area contributed by atoms with Gasteiger partial charge in [0.1, 0.15) is 12.1 Å². The van der Waals surface area contributed by atoms with Crippen molar-refractivity contribution >= 4 is 29.2 Å². The third-order valence-electron chi connectivity index (χ3n) is 6.08. The van der Waals surface area contributed by atoms with E-state index in [0.717, 1.165) is 41.0 Å². The fourth-order valence-corrected chi connectivity index (χ4v) is 5.27. The molecule has 0 spiro atoms. The second-order valence-electron chi connectivity index (χ2n) is 8.15. The highest BCUT2D eigenvalue weighted by Crippen LogP contribution is 2.35. The van der Waals surface area contributed by atoms with Crippen molar-refractivity contribution in [1.82, 2.24) is 15.1 Å². The average Bonchev–Trinajstić information content (AvgIpc) is 3.46. The molecule has 1 N–H and O–H groups in total. The second kappa shape index (κ2) is 8.22. The number of aryl methyl sites for hydroxylation is 1. The molecule has 3 heterocycles. The smallest absolute Gasteiger partial charge is 0.325 e. The highest BCUT2D eigenvalue weighted by Gasteiger charge is 2.50. The van der Waals surface area contributed by atoms with Gasteiger partial charge in [-0.15, -0.1) is 11.3 Å². The van der Waals surface area contributed by atoms with Crippen molar-refractivity contribution in [2.45, 2.75) is 51.1 Å². The van der Waals surface area contributed by atoms with Crippen LogP contribution in [0.25, 0.3) is 0 Å². The monoisotopic (exact) mass is 425 g/mol. The van der Waals surface area contributed by atoms with Gasteiger partial charge in [0.25, 0.3) is 5.91 Å². The van der Waals surface area contributed by atoms with E-state index in [1.807, 2.05) is 46.7 Å². The molecule has 7 heteroatoms. The first-order chi connectivity index (χ1) is 14.4. The Balaban J connectivity index is 1.49. The lowest BCUT2D eigenvalue weighted by Gasteiger charge is -2.26. The van der Waals surface area contributed by atoms with Crippen LogP contribution < -0.4 is 5.32 Å². The molecule has 4 amide bonds. The molecule has 0 saturated carbocycles. The summed E-state index contributed by atoms with van der Waals surface area (Å²) in [5.74, 6) is -0.562. The lowest BCUT2D eigenvalue weighted by atomic mass is 9.91. The van der Waals surface area contributed by atoms with Gasteiger partial charge in [-0.2, -0.15) is 0 Å². The number of hydrogen-bond donors (Lipinski definition) is 1. The number of imide groups is 1. The van der Waals surface area contributed by atoms with E-state index < -0.39 is 11.6 Å². The molecule has 1 aromatic carbocycles. The number of benzene rings is 1. The maximum absolute atomic E-state index is 13.2. The number of likely N-dealkylation sites (tertiary alicyclic amines) is 1. The van der Waals surface area contributed by atoms with Gasteiger partial charge in [0.2, 0.25) is 5.91 Å². The van der Waals surface area contributed by atoms with Crippen LogP contribution in [0.15, 0.2) is 41.8 Å². The highest BCUT2D eigenvalue weighted by atomic mass is 32.1. The average molecular weight is 426 g/mol. The lowest BCUT2D eigenvalue weighted by molar-refractivity contribution is -0.139. The van der Waals surface area contributed by atoms with Gasteiger partial charge in [0.15, 0.2) is 0 Å². The molecule has 2 aliphatic rings. The Morgan fingerprint density at radius 2 is 2.00 bits per heavy atom. The minimum absolute atomic E-state index is 0.0377. The third-order valence-corrected chi connectivity index (χ3v) is 7.06. The van der Waals surface area contributed by atoms with Crippen LogP contribution in [0.5, 0.6) is 0 Å². The van der Waals surface area contributed by atoms with Crippen molar-refractivity contribution in [3.8, 4) is 0 Å². The standard InChI is InChI=1S/C23H27N3O3S/c1-3-6-16-9-11-17(12-10-16)23(2)21(28)26(22(29)24-23)15-20(27)25-13-4-7-18(25)19-8-5-14-30-19/h5,8-12,14,18H,3-4,6-7,13,15H2,1-2H3,(H,24,29). The van der Waals surface area contributed by atoms with Crippen molar-refractivity contribution in [2.75, 3.05) is 13.1 Å². The van der Waals surface area contributed by atoms with Gasteiger partial charge in [-0.3, -0.25) is 14.5 Å². The molecular formula is C23H27N3O3S. The fourth-order valence-electron chi connectivity index (χ4n) is 4.40. The summed E-state index contributed by atoms with van der Waals surface area (Å²) in [6.45, 7) is 4.25. The van der Waals surface area contributed by atoms with Crippen LogP contribution in [-0.4, -0.2) is 40.7 Å². The number of thiophene rings is 1. The Hall–Kier alpha value is -2.67. The van der Waals surface area contributed by atoms with Crippen LogP contribution in [0.4, 0.5) is 4.79 Å². The van der Waals surface area contributed by atoms with Gasteiger partial charge in [0, 0.05) is 11.4 Å². The number of nitrogens with zero attached hydrogens (tertiary/aromatic N) is 2. The fraction of sp³-hybridized carbons (Fsp3) is 0.435. The van der Waals surface area contributed by atoms with Crippen molar-refractivity contribution in [2.24, 2.45) is 0 Å². The Morgan fingerprint density at radius 1 is 1.23 bits per heavy atom. The van der Waals surface area contributed by atoms with Gasteiger partial charge >= 0.3 is 6.03 Å². The minimum atomic E-state index is -1.15. The largest absolute Gasteiger partial charge is 0.333 e. The topological polar surface area (TPSA) is 69.7 Å². The maximum atomic E-state index is 13.2. The number of rotatable bonds is 6. The van der Waals surface area contributed by atoms with E-state index in [1.165, 1.54) is 5.56 Å². The summed E-state index contributed by atoms with van der Waals surface area (Å²) in [6.07, 6.45) is 3.86. The predicted molar refractivity (Wildman–Crippen MR) is 116 cm³/mol. The molecule has 158 valence electrons. The van der Waals surface area contributed by atoms with Crippen LogP contribution in [0, 0.1) is 0 Å². The van der Waals surface area contributed by atoms with Crippen LogP contribution in [-0.2, 0) is 21.5 Å². The van der Waals surface area contributed by atoms with Crippen LogP contribution >= 0.6 is 11.3 Å². The molecule has 2 atom stereocenters. The summed E-state index contributed by atoms with van der Waals surface area (Å²) in [5, 5.41) is 4.81. The Kier molecular flexibility index (Phi) is 5.64. The molecule has 0 bridgehead atoms. The molecule has 30 heavy (non-hydrogen) atoms. The summed E-state index contributed by atoms with van der Waals surface area (Å²) in [7, 11) is 0. The third kappa shape index (κ3) is 3.62. The van der Waals surface area contributed by atoms with Gasteiger partial charge in [-0.05, 0) is 48.8 Å². The highest BCUT2D eigenvalue weighted by molar-refractivity contribution is 7.10. The van der Waals surface area contributed by atoms with E-state index in [9.17, 15) is 14.4 Å². The number of nitrogens with one attached hydrogen (secondary N) is 1. The van der Waals surface area contributed by atoms with Crippen molar-refractivity contribution in [3.63, 3.8) is 0 Å². The summed E-state index contributed by atoms with van der Waals surface area (Å²) in [6, 6.07) is 11.3. The molecule has 2 unspecified atom stereocenters. The summed E-state index contributed by atoms with van der Waals surface area (Å²) < 4.78 is 0. The zero-order valence-corrected chi connectivity index (χ0v) is 18.2. The van der Waals surface area contributed by atoms with Gasteiger partial charge < -0.3 is 10.2 Å². The van der Waals surface area contributed by atoms with Crippen LogP contribution in [0.2, 0.25) is 0 Å². The van der Waals surface area contributed by atoms with Crippen molar-refractivity contribution < 1.29 is 14.4 Å². The van der Waals surface area contributed by atoms with Gasteiger partial charge in [-0.1, -0.05) is 43.7 Å². The molecule has 2 aliphatic heterocycles. The van der Waals surface area contributed by atoms with E-state index in [4.69, 9.17) is 0 Å². The predicted octanol–water partition coefficient (Wildman–Crippen LogP) is 3.83. The van der Waals surface area contributed by atoms with E-state index in [2.05, 4.69) is 12.2 Å². The number of hydrogen-bond acceptors (Lipinski definition) is 4. The summed E-state index contributed by atoms with van der Waals surface area (Å²) >= 11 is 1.63. The Morgan fingerprint density at radius 3 is 2.67 bits per heavy atom. The molecule has 6 nitrogen and oxygen atoms in total. The Bertz CT molecular complexity index is 941. The van der Waals surface area contributed by atoms with Crippen molar-refractivity contribution in [1.29, 1.82) is 0 Å². The van der Waals surface area contributed by atoms with Crippen LogP contribution in [0.3, 0.4) is 0 Å². The van der Waals surface area contributed by atoms with E-state index in [1.54, 1.807) is 18.3 Å². The molecule has 0 radical (unpaired) electrons. The van der Waals surface area contributed by atoms with Gasteiger partial charge in [0.05, 0.1) is 6.04 Å². The normalized spacial score (nSPS) is 23.9. The molecule has 2 aromatic rings. The van der Waals surface area contributed by atoms with E-state index in [-0.39, 0.29) is 24.4 Å². The lowest BCUT2D eigenvalue weighted by Crippen LogP contribution is -2.44. The Labute approximate surface area is 180 Å². The maximum Gasteiger partial charge on any atom is 0.325 e. The number of urea groups is 1. The molecule has 2 fully saturated rings. The van der Waals surface area contributed by atoms with E-state index in [0.29, 0.717) is 6.54 Å². The van der Waals surface area contributed by atoms with Gasteiger partial charge in [-0.25, -0.2) is 4.79 Å². The molecular weight excluding hydrogens is 398 g/mol. The SMILES string of the molecule is CCCc1ccc(C2(C)NC(=O)N(CC(=O)N3CCCC3c3cccs3)C2=O)cc1. The minimum Gasteiger partial charge on any atom is -0.333 e. The molecule has 2 saturated heterocycles. The first-order valence-corrected chi connectivity index (χ1v) is 11.4. The molecule has 0 aliphatic carbocycles. The second-order valence-corrected chi connectivity index (χ2v) is 9.13. The van der Waals surface area contributed by atoms with Crippen LogP contribution in [0.1, 0.15) is 55.2 Å². The first-order valence-electron chi connectivity index (χ1n) is 10.5. The molecule has 1 aromatic heterocycles. The quantitative estimate of drug-likeness (QED) is 0.715. The molecule has 4 rings (SSSR count). The van der Waals surface area contributed by atoms with E-state index >= 15 is 0 Å². The number of amides is 4. The zero-order valence-electron chi connectivity index (χ0n) is 17.4. The van der Waals surface area contributed by atoms with Crippen molar-refractivity contribution in [3.05, 3.63) is 57.8 Å². The zero-order chi connectivity index (χ0) is 21.3. The summed E-state index contributed by atoms with van der Waals surface area (Å²) in [5.41, 5.74) is 0.774. The first kappa shape index (κ1) is 20.6. The summed E-state index contributed by atoms with van der Waals surface area (Å²) in [4.78, 5) is 42.8. The number of carbonyl (C=O) groups is 3.